The van der Waals surface area contributed by atoms with Crippen molar-refractivity contribution < 1.29 is 4.74 Å². The van der Waals surface area contributed by atoms with Crippen molar-refractivity contribution in [1.82, 2.24) is 0 Å². The standard InChI is InChI=1S/C7H5ClO/c8-4-5-2-1-3-6-7(5)9-6/h1-3H,4H2. The zero-order valence-corrected chi connectivity index (χ0v) is 5.48. The third-order valence-electron chi connectivity index (χ3n) is 1.37. The lowest BCUT2D eigenvalue weighted by atomic mass is 10.2. The molecule has 1 aromatic rings. The summed E-state index contributed by atoms with van der Waals surface area (Å²) in [6.07, 6.45) is 0. The minimum absolute atomic E-state index is 0.545. The second kappa shape index (κ2) is 1.64. The molecular formula is C7H5ClO. The third kappa shape index (κ3) is 0.688. The second-order valence-corrected chi connectivity index (χ2v) is 2.25. The Morgan fingerprint density at radius 2 is 2.33 bits per heavy atom. The van der Waals surface area contributed by atoms with Crippen molar-refractivity contribution in [3.63, 3.8) is 0 Å². The van der Waals surface area contributed by atoms with Gasteiger partial charge in [-0.1, -0.05) is 12.1 Å². The lowest BCUT2D eigenvalue weighted by Gasteiger charge is -1.83. The van der Waals surface area contributed by atoms with E-state index in [1.165, 1.54) is 0 Å². The molecular weight excluding hydrogens is 136 g/mol. The number of ether oxygens (including phenoxy) is 1. The zero-order chi connectivity index (χ0) is 6.27. The first-order chi connectivity index (χ1) is 4.42. The molecule has 0 unspecified atom stereocenters. The van der Waals surface area contributed by atoms with E-state index in [9.17, 15) is 0 Å². The highest BCUT2D eigenvalue weighted by Crippen LogP contribution is 2.48. The van der Waals surface area contributed by atoms with Gasteiger partial charge in [0.05, 0.1) is 5.88 Å². The van der Waals surface area contributed by atoms with Crippen LogP contribution in [0.1, 0.15) is 5.56 Å². The van der Waals surface area contributed by atoms with Crippen molar-refractivity contribution in [2.75, 3.05) is 0 Å². The smallest absolute Gasteiger partial charge is 0.174 e. The summed E-state index contributed by atoms with van der Waals surface area (Å²) in [5, 5.41) is 0. The van der Waals surface area contributed by atoms with E-state index in [0.717, 1.165) is 17.1 Å². The van der Waals surface area contributed by atoms with Crippen LogP contribution < -0.4 is 4.74 Å². The van der Waals surface area contributed by atoms with Crippen LogP contribution in [0.2, 0.25) is 0 Å². The minimum Gasteiger partial charge on any atom is -0.449 e. The van der Waals surface area contributed by atoms with Crippen LogP contribution in [0.3, 0.4) is 0 Å². The first-order valence-electron chi connectivity index (χ1n) is 2.77. The van der Waals surface area contributed by atoms with Gasteiger partial charge in [-0.15, -0.1) is 11.6 Å². The van der Waals surface area contributed by atoms with Gasteiger partial charge in [-0.05, 0) is 6.07 Å². The van der Waals surface area contributed by atoms with Gasteiger partial charge in [0.25, 0.3) is 0 Å². The van der Waals surface area contributed by atoms with Crippen LogP contribution >= 0.6 is 11.6 Å². The van der Waals surface area contributed by atoms with Gasteiger partial charge in [-0.3, -0.25) is 0 Å². The molecule has 46 valence electrons. The zero-order valence-electron chi connectivity index (χ0n) is 4.73. The number of rotatable bonds is 1. The SMILES string of the molecule is ClCc1cccc2c1O2. The maximum Gasteiger partial charge on any atom is 0.174 e. The van der Waals surface area contributed by atoms with Crippen LogP contribution in [-0.4, -0.2) is 0 Å². The Balaban J connectivity index is 2.51. The summed E-state index contributed by atoms with van der Waals surface area (Å²) in [5.74, 6) is 2.50. The fourth-order valence-electron chi connectivity index (χ4n) is 0.851. The number of alkyl halides is 1. The number of hydrogen-bond donors (Lipinski definition) is 0. The van der Waals surface area contributed by atoms with Crippen molar-refractivity contribution in [1.29, 1.82) is 0 Å². The molecule has 0 spiro atoms. The average molecular weight is 141 g/mol. The Kier molecular flexibility index (Phi) is 0.935. The van der Waals surface area contributed by atoms with E-state index in [-0.39, 0.29) is 0 Å². The molecule has 0 radical (unpaired) electrons. The minimum atomic E-state index is 0.545. The van der Waals surface area contributed by atoms with Crippen molar-refractivity contribution in [3.05, 3.63) is 23.8 Å². The molecule has 0 aliphatic carbocycles. The molecule has 0 fully saturated rings. The van der Waals surface area contributed by atoms with Crippen LogP contribution in [0.4, 0.5) is 0 Å². The highest BCUT2D eigenvalue weighted by atomic mass is 35.5. The Labute approximate surface area is 58.2 Å². The summed E-state index contributed by atoms with van der Waals surface area (Å²) in [5.41, 5.74) is 1.09. The van der Waals surface area contributed by atoms with Gasteiger partial charge in [0.2, 0.25) is 0 Å². The molecule has 1 heterocycles. The summed E-state index contributed by atoms with van der Waals surface area (Å²) in [6, 6.07) is 5.85. The first kappa shape index (κ1) is 5.12. The van der Waals surface area contributed by atoms with E-state index >= 15 is 0 Å². The predicted octanol–water partition coefficient (Wildman–Crippen LogP) is 2.53. The second-order valence-electron chi connectivity index (χ2n) is 1.98. The van der Waals surface area contributed by atoms with Crippen molar-refractivity contribution in [3.8, 4) is 11.5 Å². The molecule has 1 aliphatic heterocycles. The molecule has 2 rings (SSSR count). The van der Waals surface area contributed by atoms with Gasteiger partial charge in [-0.2, -0.15) is 0 Å². The van der Waals surface area contributed by atoms with E-state index in [1.54, 1.807) is 0 Å². The van der Waals surface area contributed by atoms with Crippen molar-refractivity contribution in [2.24, 2.45) is 0 Å². The van der Waals surface area contributed by atoms with Crippen LogP contribution in [-0.2, 0) is 5.88 Å². The lowest BCUT2D eigenvalue weighted by molar-refractivity contribution is 0.646. The lowest BCUT2D eigenvalue weighted by Crippen LogP contribution is -1.67. The monoisotopic (exact) mass is 140 g/mol. The van der Waals surface area contributed by atoms with Crippen LogP contribution in [0, 0.1) is 0 Å². The molecule has 1 nitrogen and oxygen atoms in total. The molecule has 0 aromatic heterocycles. The first-order valence-corrected chi connectivity index (χ1v) is 3.31. The van der Waals surface area contributed by atoms with Crippen LogP contribution in [0.5, 0.6) is 11.5 Å². The molecule has 0 saturated heterocycles. The third-order valence-corrected chi connectivity index (χ3v) is 1.66. The van der Waals surface area contributed by atoms with Crippen molar-refractivity contribution in [2.45, 2.75) is 5.88 Å². The van der Waals surface area contributed by atoms with E-state index in [2.05, 4.69) is 0 Å². The molecule has 0 bridgehead atoms. The molecule has 9 heavy (non-hydrogen) atoms. The molecule has 0 amide bonds. The average Bonchev–Trinajstić information content (AvgIpc) is 2.64. The maximum atomic E-state index is 5.59. The summed E-state index contributed by atoms with van der Waals surface area (Å²) in [4.78, 5) is 0. The largest absolute Gasteiger partial charge is 0.449 e. The highest BCUT2D eigenvalue weighted by molar-refractivity contribution is 6.17. The molecule has 2 heteroatoms. The van der Waals surface area contributed by atoms with Crippen molar-refractivity contribution >= 4 is 11.6 Å². The summed E-state index contributed by atoms with van der Waals surface area (Å²) >= 11 is 5.59. The van der Waals surface area contributed by atoms with Gasteiger partial charge in [0, 0.05) is 5.56 Å². The topological polar surface area (TPSA) is 12.5 Å². The van der Waals surface area contributed by atoms with E-state index in [0.29, 0.717) is 5.88 Å². The molecule has 0 N–H and O–H groups in total. The molecule has 1 aliphatic rings. The Morgan fingerprint density at radius 3 is 3.00 bits per heavy atom. The van der Waals surface area contributed by atoms with Gasteiger partial charge in [-0.25, -0.2) is 0 Å². The Morgan fingerprint density at radius 1 is 1.44 bits per heavy atom. The van der Waals surface area contributed by atoms with Crippen LogP contribution in [0.15, 0.2) is 18.2 Å². The van der Waals surface area contributed by atoms with E-state index in [4.69, 9.17) is 16.3 Å². The van der Waals surface area contributed by atoms with E-state index in [1.807, 2.05) is 18.2 Å². The number of benzene rings is 1. The molecule has 0 saturated carbocycles. The highest BCUT2D eigenvalue weighted by Gasteiger charge is 2.22. The number of para-hydroxylation sites is 1. The van der Waals surface area contributed by atoms with Gasteiger partial charge in [0.15, 0.2) is 11.5 Å². The van der Waals surface area contributed by atoms with Gasteiger partial charge in [0.1, 0.15) is 0 Å². The molecule has 1 aromatic carbocycles. The van der Waals surface area contributed by atoms with Crippen LogP contribution in [0.25, 0.3) is 0 Å². The maximum absolute atomic E-state index is 5.59. The fraction of sp³-hybridized carbons (Fsp3) is 0.143. The number of fused-ring (bicyclic) bond motifs is 1. The van der Waals surface area contributed by atoms with E-state index < -0.39 is 0 Å². The number of hydrogen-bond acceptors (Lipinski definition) is 1. The fourth-order valence-corrected chi connectivity index (χ4v) is 1.06. The van der Waals surface area contributed by atoms with Gasteiger partial charge >= 0.3 is 0 Å². The summed E-state index contributed by atoms with van der Waals surface area (Å²) in [7, 11) is 0. The normalized spacial score (nSPS) is 12.1. The summed E-state index contributed by atoms with van der Waals surface area (Å²) in [6.45, 7) is 0. The quantitative estimate of drug-likeness (QED) is 0.438. The molecule has 0 atom stereocenters. The predicted molar refractivity (Wildman–Crippen MR) is 36.1 cm³/mol. The Hall–Kier alpha value is -0.690. The number of halogens is 1. The Bertz CT molecular complexity index is 245. The summed E-state index contributed by atoms with van der Waals surface area (Å²) < 4.78 is 5.08. The van der Waals surface area contributed by atoms with Gasteiger partial charge < -0.3 is 4.74 Å².